The molecular weight excluding hydrogens is 348 g/mol. The van der Waals surface area contributed by atoms with Crippen molar-refractivity contribution in [2.75, 3.05) is 5.32 Å². The van der Waals surface area contributed by atoms with Gasteiger partial charge in [0.1, 0.15) is 11.4 Å². The minimum absolute atomic E-state index is 0.164. The topological polar surface area (TPSA) is 71.2 Å². The third-order valence-corrected chi connectivity index (χ3v) is 4.69. The smallest absolute Gasteiger partial charge is 0.360 e. The number of nitrogens with one attached hydrogen (secondary N) is 2. The van der Waals surface area contributed by atoms with Crippen LogP contribution in [0.2, 0.25) is 0 Å². The van der Waals surface area contributed by atoms with E-state index in [1.54, 1.807) is 36.4 Å². The highest BCUT2D eigenvalue weighted by Gasteiger charge is 2.12. The van der Waals surface area contributed by atoms with E-state index < -0.39 is 5.97 Å². The minimum Gasteiger partial charge on any atom is -0.422 e. The fourth-order valence-corrected chi connectivity index (χ4v) is 3.17. The molecule has 2 N–H and O–H groups in total. The zero-order chi connectivity index (χ0) is 17.9. The summed E-state index contributed by atoms with van der Waals surface area (Å²) in [6.07, 6.45) is 0. The van der Waals surface area contributed by atoms with Crippen molar-refractivity contribution in [1.29, 1.82) is 0 Å². The van der Waals surface area contributed by atoms with Crippen molar-refractivity contribution in [3.8, 4) is 5.75 Å². The van der Waals surface area contributed by atoms with Gasteiger partial charge in [-0.05, 0) is 47.8 Å². The highest BCUT2D eigenvalue weighted by molar-refractivity contribution is 7.12. The molecule has 0 atom stereocenters. The molecule has 0 unspecified atom stereocenters. The maximum atomic E-state index is 12.3. The lowest BCUT2D eigenvalue weighted by atomic mass is 10.2. The molecule has 0 saturated heterocycles. The summed E-state index contributed by atoms with van der Waals surface area (Å²) in [5.74, 6) is -0.220. The van der Waals surface area contributed by atoms with Crippen LogP contribution in [0.25, 0.3) is 10.9 Å². The number of amides is 1. The lowest BCUT2D eigenvalue weighted by molar-refractivity contribution is 0.0729. The molecule has 0 radical (unpaired) electrons. The molecule has 4 aromatic rings. The first-order valence-electron chi connectivity index (χ1n) is 7.94. The predicted octanol–water partition coefficient (Wildman–Crippen LogP) is 4.70. The summed E-state index contributed by atoms with van der Waals surface area (Å²) in [6, 6.07) is 19.7. The van der Waals surface area contributed by atoms with Gasteiger partial charge in [-0.1, -0.05) is 24.3 Å². The number of fused-ring (bicyclic) bond motifs is 1. The summed E-state index contributed by atoms with van der Waals surface area (Å²) < 4.78 is 5.38. The zero-order valence-electron chi connectivity index (χ0n) is 13.6. The van der Waals surface area contributed by atoms with Crippen LogP contribution in [-0.4, -0.2) is 16.9 Å². The van der Waals surface area contributed by atoms with Gasteiger partial charge in [-0.2, -0.15) is 0 Å². The second-order valence-corrected chi connectivity index (χ2v) is 6.56. The van der Waals surface area contributed by atoms with Gasteiger partial charge < -0.3 is 15.0 Å². The number of para-hydroxylation sites is 1. The Kier molecular flexibility index (Phi) is 4.25. The molecule has 0 spiro atoms. The Morgan fingerprint density at radius 3 is 2.50 bits per heavy atom. The maximum Gasteiger partial charge on any atom is 0.360 e. The average Bonchev–Trinajstić information content (AvgIpc) is 3.33. The molecule has 0 aliphatic rings. The van der Waals surface area contributed by atoms with Crippen molar-refractivity contribution in [2.24, 2.45) is 0 Å². The summed E-state index contributed by atoms with van der Waals surface area (Å²) in [7, 11) is 0. The van der Waals surface area contributed by atoms with Crippen LogP contribution >= 0.6 is 11.3 Å². The second-order valence-electron chi connectivity index (χ2n) is 5.62. The first-order chi connectivity index (χ1) is 12.7. The largest absolute Gasteiger partial charge is 0.422 e. The van der Waals surface area contributed by atoms with Gasteiger partial charge in [0, 0.05) is 16.6 Å². The van der Waals surface area contributed by atoms with E-state index in [4.69, 9.17) is 4.74 Å². The van der Waals surface area contributed by atoms with Gasteiger partial charge in [-0.25, -0.2) is 4.79 Å². The Morgan fingerprint density at radius 1 is 0.962 bits per heavy atom. The van der Waals surface area contributed by atoms with Crippen LogP contribution < -0.4 is 10.1 Å². The van der Waals surface area contributed by atoms with E-state index >= 15 is 0 Å². The Labute approximate surface area is 153 Å². The standard InChI is InChI=1S/C20H14N2O3S/c23-19(18-6-3-11-26-18)21-14-7-9-15(10-8-14)25-20(24)17-12-13-4-1-2-5-16(13)22-17/h1-12,22H,(H,21,23). The monoisotopic (exact) mass is 362 g/mol. The highest BCUT2D eigenvalue weighted by atomic mass is 32.1. The average molecular weight is 362 g/mol. The van der Waals surface area contributed by atoms with Gasteiger partial charge in [0.15, 0.2) is 0 Å². The van der Waals surface area contributed by atoms with Crippen LogP contribution in [0, 0.1) is 0 Å². The number of benzene rings is 2. The normalized spacial score (nSPS) is 10.6. The van der Waals surface area contributed by atoms with E-state index in [2.05, 4.69) is 10.3 Å². The number of rotatable bonds is 4. The summed E-state index contributed by atoms with van der Waals surface area (Å²) >= 11 is 1.38. The van der Waals surface area contributed by atoms with E-state index in [1.165, 1.54) is 11.3 Å². The number of carbonyl (C=O) groups is 2. The number of hydrogen-bond acceptors (Lipinski definition) is 4. The molecule has 0 aliphatic carbocycles. The number of anilines is 1. The van der Waals surface area contributed by atoms with Gasteiger partial charge in [0.05, 0.1) is 4.88 Å². The van der Waals surface area contributed by atoms with E-state index in [1.807, 2.05) is 35.7 Å². The summed E-state index contributed by atoms with van der Waals surface area (Å²) in [6.45, 7) is 0. The zero-order valence-corrected chi connectivity index (χ0v) is 14.4. The Balaban J connectivity index is 1.43. The molecule has 0 aliphatic heterocycles. The SMILES string of the molecule is O=C(Oc1ccc(NC(=O)c2cccs2)cc1)c1cc2ccccc2[nH]1. The number of hydrogen-bond donors (Lipinski definition) is 2. The van der Waals surface area contributed by atoms with Crippen LogP contribution in [0.3, 0.4) is 0 Å². The molecular formula is C20H14N2O3S. The fourth-order valence-electron chi connectivity index (χ4n) is 2.55. The van der Waals surface area contributed by atoms with Gasteiger partial charge >= 0.3 is 5.97 Å². The fraction of sp³-hybridized carbons (Fsp3) is 0. The number of ether oxygens (including phenoxy) is 1. The number of thiophene rings is 1. The number of H-pyrrole nitrogens is 1. The Morgan fingerprint density at radius 2 is 1.77 bits per heavy atom. The molecule has 4 rings (SSSR count). The van der Waals surface area contributed by atoms with Crippen molar-refractivity contribution in [2.45, 2.75) is 0 Å². The van der Waals surface area contributed by atoms with Crippen LogP contribution in [0.4, 0.5) is 5.69 Å². The minimum atomic E-state index is -0.462. The number of esters is 1. The van der Waals surface area contributed by atoms with E-state index in [-0.39, 0.29) is 5.91 Å². The van der Waals surface area contributed by atoms with Gasteiger partial charge in [-0.15, -0.1) is 11.3 Å². The van der Waals surface area contributed by atoms with Crippen molar-refractivity contribution in [3.63, 3.8) is 0 Å². The molecule has 5 nitrogen and oxygen atoms in total. The van der Waals surface area contributed by atoms with Crippen LogP contribution in [0.15, 0.2) is 72.1 Å². The van der Waals surface area contributed by atoms with Gasteiger partial charge in [0.25, 0.3) is 5.91 Å². The number of aromatic nitrogens is 1. The Hall–Kier alpha value is -3.38. The summed E-state index contributed by atoms with van der Waals surface area (Å²) in [4.78, 5) is 28.0. The quantitative estimate of drug-likeness (QED) is 0.408. The number of carbonyl (C=O) groups excluding carboxylic acids is 2. The summed E-state index contributed by atoms with van der Waals surface area (Å²) in [5.41, 5.74) is 1.90. The molecule has 2 aromatic heterocycles. The molecule has 26 heavy (non-hydrogen) atoms. The molecule has 0 saturated carbocycles. The molecule has 0 bridgehead atoms. The van der Waals surface area contributed by atoms with Gasteiger partial charge in [0.2, 0.25) is 0 Å². The third-order valence-electron chi connectivity index (χ3n) is 3.82. The molecule has 2 aromatic carbocycles. The van der Waals surface area contributed by atoms with Crippen LogP contribution in [0.5, 0.6) is 5.75 Å². The lowest BCUT2D eigenvalue weighted by Crippen LogP contribution is -2.11. The van der Waals surface area contributed by atoms with Crippen molar-refractivity contribution >= 4 is 39.8 Å². The van der Waals surface area contributed by atoms with Crippen molar-refractivity contribution in [1.82, 2.24) is 4.98 Å². The summed E-state index contributed by atoms with van der Waals surface area (Å²) in [5, 5.41) is 5.60. The molecule has 1 amide bonds. The molecule has 0 fully saturated rings. The maximum absolute atomic E-state index is 12.3. The second kappa shape index (κ2) is 6.85. The number of aromatic amines is 1. The Bertz CT molecular complexity index is 1030. The highest BCUT2D eigenvalue weighted by Crippen LogP contribution is 2.20. The molecule has 6 heteroatoms. The van der Waals surface area contributed by atoms with Crippen molar-refractivity contribution in [3.05, 3.63) is 82.7 Å². The van der Waals surface area contributed by atoms with Crippen LogP contribution in [-0.2, 0) is 0 Å². The van der Waals surface area contributed by atoms with Crippen molar-refractivity contribution < 1.29 is 14.3 Å². The van der Waals surface area contributed by atoms with Crippen LogP contribution in [0.1, 0.15) is 20.2 Å². The third kappa shape index (κ3) is 3.36. The van der Waals surface area contributed by atoms with E-state index in [0.717, 1.165) is 10.9 Å². The lowest BCUT2D eigenvalue weighted by Gasteiger charge is -2.06. The van der Waals surface area contributed by atoms with Gasteiger partial charge in [-0.3, -0.25) is 4.79 Å². The predicted molar refractivity (Wildman–Crippen MR) is 102 cm³/mol. The first kappa shape index (κ1) is 16.1. The first-order valence-corrected chi connectivity index (χ1v) is 8.82. The molecule has 2 heterocycles. The van der Waals surface area contributed by atoms with E-state index in [9.17, 15) is 9.59 Å². The molecule has 128 valence electrons. The van der Waals surface area contributed by atoms with E-state index in [0.29, 0.717) is 22.0 Å².